The van der Waals surface area contributed by atoms with E-state index in [0.717, 1.165) is 29.9 Å². The van der Waals surface area contributed by atoms with Crippen molar-refractivity contribution >= 4 is 22.2 Å². The average molecular weight is 303 g/mol. The SMILES string of the molecule is O=C(c1ccc([N+](=O)[O-])s1)N(Cc1ccccn1)C1CC1. The summed E-state index contributed by atoms with van der Waals surface area (Å²) in [5.41, 5.74) is 0.823. The van der Waals surface area contributed by atoms with Gasteiger partial charge < -0.3 is 4.90 Å². The van der Waals surface area contributed by atoms with Crippen LogP contribution < -0.4 is 0 Å². The first kappa shape index (κ1) is 13.7. The summed E-state index contributed by atoms with van der Waals surface area (Å²) in [5.74, 6) is -0.152. The molecule has 1 aliphatic carbocycles. The van der Waals surface area contributed by atoms with Crippen LogP contribution in [0.15, 0.2) is 36.5 Å². The van der Waals surface area contributed by atoms with Crippen LogP contribution in [0.25, 0.3) is 0 Å². The van der Waals surface area contributed by atoms with Gasteiger partial charge in [0.2, 0.25) is 0 Å². The molecule has 0 saturated heterocycles. The number of pyridine rings is 1. The maximum atomic E-state index is 12.6. The van der Waals surface area contributed by atoms with Gasteiger partial charge in [0.25, 0.3) is 5.91 Å². The van der Waals surface area contributed by atoms with Crippen LogP contribution in [0.3, 0.4) is 0 Å². The summed E-state index contributed by atoms with van der Waals surface area (Å²) in [7, 11) is 0. The Hall–Kier alpha value is -2.28. The monoisotopic (exact) mass is 303 g/mol. The zero-order valence-corrected chi connectivity index (χ0v) is 12.0. The van der Waals surface area contributed by atoms with Gasteiger partial charge in [-0.15, -0.1) is 0 Å². The van der Waals surface area contributed by atoms with Crippen LogP contribution in [-0.4, -0.2) is 26.8 Å². The molecule has 2 aromatic heterocycles. The standard InChI is InChI=1S/C14H13N3O3S/c18-14(12-6-7-13(21-12)17(19)20)16(11-4-5-11)9-10-3-1-2-8-15-10/h1-3,6-8,11H,4-5,9H2. The molecule has 2 aromatic rings. The van der Waals surface area contributed by atoms with Crippen LogP contribution in [0, 0.1) is 10.1 Å². The maximum Gasteiger partial charge on any atom is 0.324 e. The maximum absolute atomic E-state index is 12.6. The van der Waals surface area contributed by atoms with Crippen molar-refractivity contribution in [3.05, 3.63) is 57.2 Å². The summed E-state index contributed by atoms with van der Waals surface area (Å²) < 4.78 is 0. The van der Waals surface area contributed by atoms with Crippen LogP contribution in [0.1, 0.15) is 28.2 Å². The minimum Gasteiger partial charge on any atom is -0.329 e. The summed E-state index contributed by atoms with van der Waals surface area (Å²) in [6.07, 6.45) is 3.65. The molecule has 108 valence electrons. The highest BCUT2D eigenvalue weighted by Gasteiger charge is 2.34. The Labute approximate surface area is 125 Å². The van der Waals surface area contributed by atoms with E-state index in [-0.39, 0.29) is 17.0 Å². The Kier molecular flexibility index (Phi) is 3.66. The highest BCUT2D eigenvalue weighted by molar-refractivity contribution is 7.17. The third kappa shape index (κ3) is 3.08. The van der Waals surface area contributed by atoms with E-state index in [0.29, 0.717) is 11.4 Å². The van der Waals surface area contributed by atoms with E-state index in [2.05, 4.69) is 4.98 Å². The first-order valence-corrected chi connectivity index (χ1v) is 7.42. The molecule has 0 spiro atoms. The molecule has 1 amide bonds. The molecule has 0 radical (unpaired) electrons. The largest absolute Gasteiger partial charge is 0.329 e. The fourth-order valence-electron chi connectivity index (χ4n) is 2.10. The molecule has 1 aliphatic rings. The lowest BCUT2D eigenvalue weighted by molar-refractivity contribution is -0.380. The summed E-state index contributed by atoms with van der Waals surface area (Å²) in [5, 5.41) is 10.7. The van der Waals surface area contributed by atoms with Crippen molar-refractivity contribution < 1.29 is 9.72 Å². The molecule has 2 heterocycles. The van der Waals surface area contributed by atoms with Gasteiger partial charge in [-0.1, -0.05) is 17.4 Å². The number of amides is 1. The van der Waals surface area contributed by atoms with Gasteiger partial charge in [0.15, 0.2) is 0 Å². The van der Waals surface area contributed by atoms with E-state index in [9.17, 15) is 14.9 Å². The molecule has 21 heavy (non-hydrogen) atoms. The second kappa shape index (κ2) is 5.61. The third-order valence-electron chi connectivity index (χ3n) is 3.29. The van der Waals surface area contributed by atoms with E-state index >= 15 is 0 Å². The number of carbonyl (C=O) groups is 1. The van der Waals surface area contributed by atoms with Gasteiger partial charge in [-0.25, -0.2) is 0 Å². The number of hydrogen-bond donors (Lipinski definition) is 0. The van der Waals surface area contributed by atoms with Crippen molar-refractivity contribution in [2.24, 2.45) is 0 Å². The zero-order valence-electron chi connectivity index (χ0n) is 11.1. The first-order chi connectivity index (χ1) is 10.1. The summed E-state index contributed by atoms with van der Waals surface area (Å²) in [4.78, 5) is 29.2. The Morgan fingerprint density at radius 1 is 1.38 bits per heavy atom. The highest BCUT2D eigenvalue weighted by atomic mass is 32.1. The smallest absolute Gasteiger partial charge is 0.324 e. The van der Waals surface area contributed by atoms with Gasteiger partial charge in [-0.3, -0.25) is 19.9 Å². The molecule has 7 heteroatoms. The van der Waals surface area contributed by atoms with Crippen molar-refractivity contribution in [2.75, 3.05) is 0 Å². The number of nitro groups is 1. The van der Waals surface area contributed by atoms with Gasteiger partial charge in [0.05, 0.1) is 22.0 Å². The average Bonchev–Trinajstić information content (AvgIpc) is 3.20. The number of carbonyl (C=O) groups excluding carboxylic acids is 1. The molecule has 0 N–H and O–H groups in total. The third-order valence-corrected chi connectivity index (χ3v) is 4.31. The van der Waals surface area contributed by atoms with Crippen molar-refractivity contribution in [2.45, 2.75) is 25.4 Å². The normalized spacial score (nSPS) is 13.9. The summed E-state index contributed by atoms with van der Waals surface area (Å²) >= 11 is 0.922. The van der Waals surface area contributed by atoms with Crippen molar-refractivity contribution in [3.8, 4) is 0 Å². The van der Waals surface area contributed by atoms with Gasteiger partial charge in [-0.05, 0) is 31.0 Å². The topological polar surface area (TPSA) is 76.3 Å². The van der Waals surface area contributed by atoms with Crippen molar-refractivity contribution in [3.63, 3.8) is 0 Å². The number of hydrogen-bond acceptors (Lipinski definition) is 5. The second-order valence-corrected chi connectivity index (χ2v) is 5.94. The number of rotatable bonds is 5. The lowest BCUT2D eigenvalue weighted by atomic mass is 10.3. The number of nitrogens with zero attached hydrogens (tertiary/aromatic N) is 3. The molecule has 0 aliphatic heterocycles. The van der Waals surface area contributed by atoms with E-state index < -0.39 is 4.92 Å². The Morgan fingerprint density at radius 3 is 2.76 bits per heavy atom. The van der Waals surface area contributed by atoms with E-state index in [4.69, 9.17) is 0 Å². The molecule has 0 unspecified atom stereocenters. The van der Waals surface area contributed by atoms with E-state index in [1.165, 1.54) is 12.1 Å². The van der Waals surface area contributed by atoms with Crippen LogP contribution in [0.5, 0.6) is 0 Å². The van der Waals surface area contributed by atoms with Crippen LogP contribution in [-0.2, 0) is 6.54 Å². The van der Waals surface area contributed by atoms with Crippen LogP contribution in [0.2, 0.25) is 0 Å². The lowest BCUT2D eigenvalue weighted by Gasteiger charge is -2.21. The molecular formula is C14H13N3O3S. The molecule has 0 aromatic carbocycles. The molecular weight excluding hydrogens is 290 g/mol. The van der Waals surface area contributed by atoms with Gasteiger partial charge >= 0.3 is 5.00 Å². The molecule has 1 fully saturated rings. The minimum atomic E-state index is -0.471. The Morgan fingerprint density at radius 2 is 2.19 bits per heavy atom. The summed E-state index contributed by atoms with van der Waals surface area (Å²) in [6.45, 7) is 0.441. The predicted molar refractivity (Wildman–Crippen MR) is 78.1 cm³/mol. The molecule has 0 atom stereocenters. The molecule has 1 saturated carbocycles. The fraction of sp³-hybridized carbons (Fsp3) is 0.286. The summed E-state index contributed by atoms with van der Waals surface area (Å²) in [6, 6.07) is 8.71. The van der Waals surface area contributed by atoms with Crippen molar-refractivity contribution in [1.82, 2.24) is 9.88 Å². The molecule has 6 nitrogen and oxygen atoms in total. The van der Waals surface area contributed by atoms with Gasteiger partial charge in [0, 0.05) is 18.3 Å². The minimum absolute atomic E-state index is 0.00747. The molecule has 0 bridgehead atoms. The zero-order chi connectivity index (χ0) is 14.8. The van der Waals surface area contributed by atoms with Gasteiger partial charge in [0.1, 0.15) is 0 Å². The van der Waals surface area contributed by atoms with E-state index in [1.54, 1.807) is 11.1 Å². The van der Waals surface area contributed by atoms with E-state index in [1.807, 2.05) is 18.2 Å². The van der Waals surface area contributed by atoms with Crippen LogP contribution >= 0.6 is 11.3 Å². The predicted octanol–water partition coefficient (Wildman–Crippen LogP) is 2.86. The molecule has 3 rings (SSSR count). The lowest BCUT2D eigenvalue weighted by Crippen LogP contribution is -2.32. The number of thiophene rings is 1. The first-order valence-electron chi connectivity index (χ1n) is 6.60. The quantitative estimate of drug-likeness (QED) is 0.628. The Balaban J connectivity index is 1.80. The van der Waals surface area contributed by atoms with Crippen LogP contribution in [0.4, 0.5) is 5.00 Å². The highest BCUT2D eigenvalue weighted by Crippen LogP contribution is 2.32. The van der Waals surface area contributed by atoms with Crippen molar-refractivity contribution in [1.29, 1.82) is 0 Å². The Bertz CT molecular complexity index is 667. The number of aromatic nitrogens is 1. The fourth-order valence-corrected chi connectivity index (χ4v) is 2.88. The second-order valence-electron chi connectivity index (χ2n) is 4.88. The van der Waals surface area contributed by atoms with Gasteiger partial charge in [-0.2, -0.15) is 0 Å².